The van der Waals surface area contributed by atoms with Crippen molar-refractivity contribution < 1.29 is 9.21 Å². The van der Waals surface area contributed by atoms with Crippen LogP contribution in [0.2, 0.25) is 0 Å². The van der Waals surface area contributed by atoms with Crippen LogP contribution in [0.3, 0.4) is 0 Å². The van der Waals surface area contributed by atoms with Crippen LogP contribution in [0.25, 0.3) is 0 Å². The molecule has 1 N–H and O–H groups in total. The van der Waals surface area contributed by atoms with Gasteiger partial charge >= 0.3 is 0 Å². The van der Waals surface area contributed by atoms with Crippen molar-refractivity contribution >= 4 is 11.6 Å². The number of amides is 1. The number of hydrogen-bond donors (Lipinski definition) is 1. The lowest BCUT2D eigenvalue weighted by Gasteiger charge is -2.38. The van der Waals surface area contributed by atoms with Crippen molar-refractivity contribution in [3.8, 4) is 0 Å². The first-order valence-electron chi connectivity index (χ1n) is 9.06. The van der Waals surface area contributed by atoms with E-state index in [9.17, 15) is 4.79 Å². The van der Waals surface area contributed by atoms with E-state index in [1.54, 1.807) is 12.1 Å². The lowest BCUT2D eigenvalue weighted by atomic mass is 10.0. The maximum absolute atomic E-state index is 12.3. The monoisotopic (exact) mass is 356 g/mol. The average Bonchev–Trinajstić information content (AvgIpc) is 3.18. The predicted molar refractivity (Wildman–Crippen MR) is 104 cm³/mol. The van der Waals surface area contributed by atoms with Gasteiger partial charge in [-0.3, -0.25) is 9.69 Å². The number of rotatable bonds is 6. The highest BCUT2D eigenvalue weighted by molar-refractivity contribution is 5.91. The molecule has 6 heteroatoms. The molecule has 140 valence electrons. The second-order valence-corrected chi connectivity index (χ2v) is 7.03. The van der Waals surface area contributed by atoms with E-state index in [0.717, 1.165) is 26.2 Å². The predicted octanol–water partition coefficient (Wildman–Crippen LogP) is 2.06. The van der Waals surface area contributed by atoms with E-state index in [4.69, 9.17) is 4.42 Å². The fourth-order valence-corrected chi connectivity index (χ4v) is 3.27. The summed E-state index contributed by atoms with van der Waals surface area (Å²) in [5.41, 5.74) is 2.39. The smallest absolute Gasteiger partial charge is 0.287 e. The number of nitrogens with zero attached hydrogens (tertiary/aromatic N) is 3. The molecule has 0 aliphatic carbocycles. The molecule has 1 atom stereocenters. The van der Waals surface area contributed by atoms with Crippen molar-refractivity contribution in [2.45, 2.75) is 6.04 Å². The van der Waals surface area contributed by atoms with Crippen LogP contribution in [-0.2, 0) is 0 Å². The summed E-state index contributed by atoms with van der Waals surface area (Å²) in [6, 6.07) is 12.2. The van der Waals surface area contributed by atoms with Gasteiger partial charge < -0.3 is 19.5 Å². The molecule has 1 fully saturated rings. The Labute approximate surface area is 155 Å². The van der Waals surface area contributed by atoms with Crippen LogP contribution in [-0.4, -0.2) is 69.6 Å². The molecule has 0 bridgehead atoms. The van der Waals surface area contributed by atoms with E-state index in [0.29, 0.717) is 12.3 Å². The second-order valence-electron chi connectivity index (χ2n) is 7.03. The van der Waals surface area contributed by atoms with Gasteiger partial charge in [-0.15, -0.1) is 0 Å². The average molecular weight is 356 g/mol. The third-order valence-electron chi connectivity index (χ3n) is 4.97. The number of benzene rings is 1. The summed E-state index contributed by atoms with van der Waals surface area (Å²) in [5.74, 6) is 0.184. The largest absolute Gasteiger partial charge is 0.459 e. The van der Waals surface area contributed by atoms with Crippen molar-refractivity contribution in [2.24, 2.45) is 0 Å². The molecule has 1 aromatic carbocycles. The van der Waals surface area contributed by atoms with Gasteiger partial charge in [-0.2, -0.15) is 0 Å². The summed E-state index contributed by atoms with van der Waals surface area (Å²) < 4.78 is 5.20. The fraction of sp³-hybridized carbons (Fsp3) is 0.450. The lowest BCUT2D eigenvalue weighted by Crippen LogP contribution is -2.48. The van der Waals surface area contributed by atoms with E-state index in [-0.39, 0.29) is 11.9 Å². The molecule has 1 aromatic heterocycles. The van der Waals surface area contributed by atoms with Crippen LogP contribution in [0.1, 0.15) is 22.2 Å². The van der Waals surface area contributed by atoms with Crippen molar-refractivity contribution in [3.63, 3.8) is 0 Å². The van der Waals surface area contributed by atoms with Crippen molar-refractivity contribution in [3.05, 3.63) is 54.0 Å². The van der Waals surface area contributed by atoms with Crippen LogP contribution >= 0.6 is 0 Å². The van der Waals surface area contributed by atoms with Crippen LogP contribution in [0.4, 0.5) is 5.69 Å². The van der Waals surface area contributed by atoms with E-state index in [2.05, 4.69) is 51.3 Å². The number of carbonyl (C=O) groups excluding carboxylic acids is 1. The topological polar surface area (TPSA) is 52.0 Å². The van der Waals surface area contributed by atoms with E-state index < -0.39 is 0 Å². The van der Waals surface area contributed by atoms with Crippen molar-refractivity contribution in [2.75, 3.05) is 58.8 Å². The highest BCUT2D eigenvalue weighted by atomic mass is 16.3. The first-order chi connectivity index (χ1) is 12.5. The molecule has 0 radical (unpaired) electrons. The quantitative estimate of drug-likeness (QED) is 0.859. The van der Waals surface area contributed by atoms with Gasteiger partial charge in [0.1, 0.15) is 0 Å². The molecule has 0 spiro atoms. The summed E-state index contributed by atoms with van der Waals surface area (Å²) in [4.78, 5) is 19.2. The molecule has 1 amide bonds. The van der Waals surface area contributed by atoms with Crippen molar-refractivity contribution in [1.82, 2.24) is 15.1 Å². The molecular formula is C20H28N4O2. The molecule has 3 rings (SSSR count). The summed E-state index contributed by atoms with van der Waals surface area (Å²) in [6.45, 7) is 4.63. The molecule has 1 unspecified atom stereocenters. The molecule has 1 aliphatic heterocycles. The standard InChI is InChI=1S/C20H28N4O2/c1-22(2)17-8-6-16(7-9-17)18(24-12-10-23(3)11-13-24)15-21-20(25)19-5-4-14-26-19/h4-9,14,18H,10-13,15H2,1-3H3,(H,21,25). The maximum Gasteiger partial charge on any atom is 0.287 e. The summed E-state index contributed by atoms with van der Waals surface area (Å²) >= 11 is 0. The maximum atomic E-state index is 12.3. The zero-order valence-corrected chi connectivity index (χ0v) is 15.8. The number of nitrogens with one attached hydrogen (secondary N) is 1. The molecular weight excluding hydrogens is 328 g/mol. The van der Waals surface area contributed by atoms with Crippen LogP contribution in [0.5, 0.6) is 0 Å². The number of likely N-dealkylation sites (N-methyl/N-ethyl adjacent to an activating group) is 1. The zero-order valence-electron chi connectivity index (χ0n) is 15.8. The Kier molecular flexibility index (Phi) is 5.96. The van der Waals surface area contributed by atoms with Crippen LogP contribution in [0.15, 0.2) is 47.1 Å². The molecule has 2 heterocycles. The Morgan fingerprint density at radius 1 is 1.15 bits per heavy atom. The normalized spacial score (nSPS) is 17.0. The third kappa shape index (κ3) is 4.45. The van der Waals surface area contributed by atoms with Crippen molar-refractivity contribution in [1.29, 1.82) is 0 Å². The molecule has 2 aromatic rings. The van der Waals surface area contributed by atoms with Gasteiger partial charge in [0.05, 0.1) is 12.3 Å². The van der Waals surface area contributed by atoms with Gasteiger partial charge in [0, 0.05) is 52.5 Å². The minimum Gasteiger partial charge on any atom is -0.459 e. The Balaban J connectivity index is 1.73. The van der Waals surface area contributed by atoms with Crippen LogP contribution in [0, 0.1) is 0 Å². The van der Waals surface area contributed by atoms with E-state index in [1.807, 2.05) is 14.1 Å². The molecule has 1 saturated heterocycles. The highest BCUT2D eigenvalue weighted by Gasteiger charge is 2.25. The van der Waals surface area contributed by atoms with Crippen LogP contribution < -0.4 is 10.2 Å². The fourth-order valence-electron chi connectivity index (χ4n) is 3.27. The Hall–Kier alpha value is -2.31. The third-order valence-corrected chi connectivity index (χ3v) is 4.97. The van der Waals surface area contributed by atoms with E-state index >= 15 is 0 Å². The SMILES string of the molecule is CN1CCN(C(CNC(=O)c2ccco2)c2ccc(N(C)C)cc2)CC1. The minimum atomic E-state index is -0.168. The van der Waals surface area contributed by atoms with Gasteiger partial charge in [-0.1, -0.05) is 12.1 Å². The van der Waals surface area contributed by atoms with Gasteiger partial charge in [-0.25, -0.2) is 0 Å². The van der Waals surface area contributed by atoms with E-state index in [1.165, 1.54) is 17.5 Å². The van der Waals surface area contributed by atoms with Gasteiger partial charge in [-0.05, 0) is 36.9 Å². The molecule has 1 aliphatic rings. The van der Waals surface area contributed by atoms with Gasteiger partial charge in [0.15, 0.2) is 5.76 Å². The molecule has 26 heavy (non-hydrogen) atoms. The Morgan fingerprint density at radius 3 is 2.42 bits per heavy atom. The summed E-state index contributed by atoms with van der Waals surface area (Å²) in [7, 11) is 6.23. The van der Waals surface area contributed by atoms with Gasteiger partial charge in [0.25, 0.3) is 5.91 Å². The molecule has 0 saturated carbocycles. The lowest BCUT2D eigenvalue weighted by molar-refractivity contribution is 0.0863. The summed E-state index contributed by atoms with van der Waals surface area (Å²) in [5, 5.41) is 3.03. The zero-order chi connectivity index (χ0) is 18.5. The number of piperazine rings is 1. The number of furan rings is 1. The number of hydrogen-bond acceptors (Lipinski definition) is 5. The second kappa shape index (κ2) is 8.38. The minimum absolute atomic E-state index is 0.152. The Morgan fingerprint density at radius 2 is 1.85 bits per heavy atom. The summed E-state index contributed by atoms with van der Waals surface area (Å²) in [6.07, 6.45) is 1.52. The number of carbonyl (C=O) groups is 1. The first kappa shape index (κ1) is 18.5. The highest BCUT2D eigenvalue weighted by Crippen LogP contribution is 2.24. The molecule has 6 nitrogen and oxygen atoms in total. The first-order valence-corrected chi connectivity index (χ1v) is 9.06. The number of anilines is 1. The van der Waals surface area contributed by atoms with Gasteiger partial charge in [0.2, 0.25) is 0 Å². The Bertz CT molecular complexity index is 689.